The molecule has 0 bridgehead atoms. The lowest BCUT2D eigenvalue weighted by molar-refractivity contribution is -0.109. The first kappa shape index (κ1) is 13.9. The normalized spacial score (nSPS) is 23.8. The van der Waals surface area contributed by atoms with E-state index in [9.17, 15) is 0 Å². The average molecular weight is 229 g/mol. The Morgan fingerprint density at radius 1 is 1.12 bits per heavy atom. The molecule has 0 aromatic carbocycles. The predicted octanol–water partition coefficient (Wildman–Crippen LogP) is 2.16. The van der Waals surface area contributed by atoms with Gasteiger partial charge < -0.3 is 9.47 Å². The molecule has 0 aromatic heterocycles. The van der Waals surface area contributed by atoms with E-state index in [-0.39, 0.29) is 17.1 Å². The number of hydrogen-bond donors (Lipinski definition) is 0. The standard InChI is InChI=1S/C13H27NO2/c1-12(2,3)13(4,5)14(6)9-11-10-15-7-8-16-11/h11H,7-10H2,1-6H3/t11-/m0/s1. The zero-order chi connectivity index (χ0) is 12.4. The maximum Gasteiger partial charge on any atom is 0.0936 e. The highest BCUT2D eigenvalue weighted by atomic mass is 16.6. The summed E-state index contributed by atoms with van der Waals surface area (Å²) in [6, 6.07) is 0. The summed E-state index contributed by atoms with van der Waals surface area (Å²) in [5.74, 6) is 0. The van der Waals surface area contributed by atoms with Crippen LogP contribution in [0.25, 0.3) is 0 Å². The first-order valence-electron chi connectivity index (χ1n) is 6.16. The fourth-order valence-corrected chi connectivity index (χ4v) is 1.75. The van der Waals surface area contributed by atoms with E-state index in [2.05, 4.69) is 46.6 Å². The van der Waals surface area contributed by atoms with Gasteiger partial charge in [-0.3, -0.25) is 4.90 Å². The molecule has 0 aliphatic carbocycles. The van der Waals surface area contributed by atoms with E-state index in [1.54, 1.807) is 0 Å². The van der Waals surface area contributed by atoms with E-state index >= 15 is 0 Å². The molecule has 16 heavy (non-hydrogen) atoms. The van der Waals surface area contributed by atoms with Crippen molar-refractivity contribution in [2.75, 3.05) is 33.4 Å². The van der Waals surface area contributed by atoms with Gasteiger partial charge in [-0.2, -0.15) is 0 Å². The second-order valence-electron chi connectivity index (χ2n) is 6.26. The molecule has 0 amide bonds. The Labute approximate surface area is 100 Å². The quantitative estimate of drug-likeness (QED) is 0.740. The van der Waals surface area contributed by atoms with Gasteiger partial charge in [0.25, 0.3) is 0 Å². The van der Waals surface area contributed by atoms with Crippen LogP contribution in [0.5, 0.6) is 0 Å². The summed E-state index contributed by atoms with van der Waals surface area (Å²) in [6.07, 6.45) is 0.223. The molecular weight excluding hydrogens is 202 g/mol. The van der Waals surface area contributed by atoms with Crippen molar-refractivity contribution in [1.82, 2.24) is 4.90 Å². The van der Waals surface area contributed by atoms with Gasteiger partial charge in [-0.05, 0) is 26.3 Å². The Hall–Kier alpha value is -0.120. The Balaban J connectivity index is 2.53. The van der Waals surface area contributed by atoms with Gasteiger partial charge in [0.15, 0.2) is 0 Å². The van der Waals surface area contributed by atoms with Gasteiger partial charge in [0, 0.05) is 12.1 Å². The first-order chi connectivity index (χ1) is 7.25. The summed E-state index contributed by atoms with van der Waals surface area (Å²) in [5.41, 5.74) is 0.394. The molecule has 1 fully saturated rings. The summed E-state index contributed by atoms with van der Waals surface area (Å²) in [5, 5.41) is 0. The third-order valence-corrected chi connectivity index (χ3v) is 4.15. The SMILES string of the molecule is CN(C[C@H]1COCCO1)C(C)(C)C(C)(C)C. The molecule has 0 unspecified atom stereocenters. The van der Waals surface area contributed by atoms with Crippen molar-refractivity contribution in [3.63, 3.8) is 0 Å². The van der Waals surface area contributed by atoms with Crippen LogP contribution < -0.4 is 0 Å². The van der Waals surface area contributed by atoms with E-state index in [4.69, 9.17) is 9.47 Å². The van der Waals surface area contributed by atoms with Gasteiger partial charge in [-0.1, -0.05) is 20.8 Å². The van der Waals surface area contributed by atoms with Crippen molar-refractivity contribution in [2.45, 2.75) is 46.3 Å². The van der Waals surface area contributed by atoms with E-state index in [0.717, 1.165) is 26.4 Å². The summed E-state index contributed by atoms with van der Waals surface area (Å²) in [4.78, 5) is 2.38. The molecule has 1 heterocycles. The minimum absolute atomic E-state index is 0.147. The van der Waals surface area contributed by atoms with E-state index in [1.807, 2.05) is 0 Å². The maximum atomic E-state index is 5.69. The molecular formula is C13H27NO2. The second kappa shape index (κ2) is 5.03. The Kier molecular flexibility index (Phi) is 4.38. The van der Waals surface area contributed by atoms with Crippen molar-refractivity contribution in [3.8, 4) is 0 Å². The zero-order valence-corrected chi connectivity index (χ0v) is 11.7. The number of rotatable bonds is 3. The van der Waals surface area contributed by atoms with Crippen LogP contribution in [-0.2, 0) is 9.47 Å². The molecule has 0 N–H and O–H groups in total. The van der Waals surface area contributed by atoms with Gasteiger partial charge >= 0.3 is 0 Å². The van der Waals surface area contributed by atoms with Crippen LogP contribution in [-0.4, -0.2) is 50.0 Å². The minimum atomic E-state index is 0.147. The molecule has 0 saturated carbocycles. The Morgan fingerprint density at radius 3 is 2.19 bits per heavy atom. The van der Waals surface area contributed by atoms with Crippen molar-refractivity contribution in [2.24, 2.45) is 5.41 Å². The topological polar surface area (TPSA) is 21.7 Å². The Bertz CT molecular complexity index is 214. The first-order valence-corrected chi connectivity index (χ1v) is 6.16. The molecule has 1 atom stereocenters. The summed E-state index contributed by atoms with van der Waals surface area (Å²) >= 11 is 0. The monoisotopic (exact) mass is 229 g/mol. The van der Waals surface area contributed by atoms with Crippen molar-refractivity contribution < 1.29 is 9.47 Å². The van der Waals surface area contributed by atoms with Crippen LogP contribution in [0.15, 0.2) is 0 Å². The van der Waals surface area contributed by atoms with Crippen LogP contribution >= 0.6 is 0 Å². The highest BCUT2D eigenvalue weighted by Crippen LogP contribution is 2.34. The molecule has 3 nitrogen and oxygen atoms in total. The van der Waals surface area contributed by atoms with Gasteiger partial charge in [-0.15, -0.1) is 0 Å². The molecule has 0 aromatic rings. The average Bonchev–Trinajstić information content (AvgIpc) is 2.17. The van der Waals surface area contributed by atoms with Crippen LogP contribution in [0.1, 0.15) is 34.6 Å². The molecule has 1 rings (SSSR count). The number of ether oxygens (including phenoxy) is 2. The zero-order valence-electron chi connectivity index (χ0n) is 11.7. The number of likely N-dealkylation sites (N-methyl/N-ethyl adjacent to an activating group) is 1. The van der Waals surface area contributed by atoms with Crippen LogP contribution in [0.4, 0.5) is 0 Å². The predicted molar refractivity (Wildman–Crippen MR) is 66.7 cm³/mol. The summed E-state index contributed by atoms with van der Waals surface area (Å²) in [7, 11) is 2.17. The number of nitrogens with zero attached hydrogens (tertiary/aromatic N) is 1. The molecule has 3 heteroatoms. The molecule has 0 spiro atoms. The van der Waals surface area contributed by atoms with Crippen molar-refractivity contribution in [3.05, 3.63) is 0 Å². The van der Waals surface area contributed by atoms with Gasteiger partial charge in [0.2, 0.25) is 0 Å². The molecule has 0 radical (unpaired) electrons. The second-order valence-corrected chi connectivity index (χ2v) is 6.26. The fourth-order valence-electron chi connectivity index (χ4n) is 1.75. The minimum Gasteiger partial charge on any atom is -0.376 e. The Morgan fingerprint density at radius 2 is 1.75 bits per heavy atom. The summed E-state index contributed by atoms with van der Waals surface area (Å²) in [6.45, 7) is 14.5. The van der Waals surface area contributed by atoms with Crippen molar-refractivity contribution in [1.29, 1.82) is 0 Å². The van der Waals surface area contributed by atoms with E-state index < -0.39 is 0 Å². The van der Waals surface area contributed by atoms with E-state index in [1.165, 1.54) is 0 Å². The van der Waals surface area contributed by atoms with Crippen LogP contribution in [0, 0.1) is 5.41 Å². The van der Waals surface area contributed by atoms with Gasteiger partial charge in [-0.25, -0.2) is 0 Å². The highest BCUT2D eigenvalue weighted by Gasteiger charge is 2.37. The third kappa shape index (κ3) is 3.19. The molecule has 1 saturated heterocycles. The van der Waals surface area contributed by atoms with E-state index in [0.29, 0.717) is 0 Å². The third-order valence-electron chi connectivity index (χ3n) is 4.15. The van der Waals surface area contributed by atoms with Gasteiger partial charge in [0.05, 0.1) is 25.9 Å². The fraction of sp³-hybridized carbons (Fsp3) is 1.00. The lowest BCUT2D eigenvalue weighted by Gasteiger charge is -2.47. The van der Waals surface area contributed by atoms with Crippen molar-refractivity contribution >= 4 is 0 Å². The number of hydrogen-bond acceptors (Lipinski definition) is 3. The molecule has 1 aliphatic heterocycles. The van der Waals surface area contributed by atoms with Gasteiger partial charge in [0.1, 0.15) is 0 Å². The maximum absolute atomic E-state index is 5.69. The highest BCUT2D eigenvalue weighted by molar-refractivity contribution is 4.92. The molecule has 96 valence electrons. The largest absolute Gasteiger partial charge is 0.376 e. The smallest absolute Gasteiger partial charge is 0.0936 e. The lowest BCUT2D eigenvalue weighted by atomic mass is 9.75. The molecule has 1 aliphatic rings. The van der Waals surface area contributed by atoms with Crippen LogP contribution in [0.2, 0.25) is 0 Å². The lowest BCUT2D eigenvalue weighted by Crippen LogP contribution is -2.54. The summed E-state index contributed by atoms with van der Waals surface area (Å²) < 4.78 is 11.1. The van der Waals surface area contributed by atoms with Crippen LogP contribution in [0.3, 0.4) is 0 Å².